The van der Waals surface area contributed by atoms with E-state index in [2.05, 4.69) is 43.1 Å². The highest BCUT2D eigenvalue weighted by Crippen LogP contribution is 2.07. The third kappa shape index (κ3) is 2.87. The first-order chi connectivity index (χ1) is 5.83. The molecule has 0 saturated heterocycles. The van der Waals surface area contributed by atoms with Crippen LogP contribution in [0.1, 0.15) is 19.4 Å². The molecular formula is C11H15N. The minimum Gasteiger partial charge on any atom is -0.265 e. The number of nitrogens with zero attached hydrogens (tertiary/aromatic N) is 1. The van der Waals surface area contributed by atoms with E-state index in [1.54, 1.807) is 0 Å². The summed E-state index contributed by atoms with van der Waals surface area (Å²) in [6.07, 6.45) is 9.12. The van der Waals surface area contributed by atoms with Crippen LogP contribution in [0.25, 0.3) is 0 Å². The zero-order chi connectivity index (χ0) is 8.81. The third-order valence-electron chi connectivity index (χ3n) is 1.83. The maximum atomic E-state index is 3.98. The van der Waals surface area contributed by atoms with Gasteiger partial charge in [0.25, 0.3) is 0 Å². The fourth-order valence-electron chi connectivity index (χ4n) is 1.29. The summed E-state index contributed by atoms with van der Waals surface area (Å²) in [4.78, 5) is 3.98. The van der Waals surface area contributed by atoms with E-state index in [0.29, 0.717) is 5.92 Å². The van der Waals surface area contributed by atoms with E-state index < -0.39 is 0 Å². The monoisotopic (exact) mass is 161 g/mol. The number of aromatic nitrogens is 1. The van der Waals surface area contributed by atoms with Gasteiger partial charge < -0.3 is 0 Å². The van der Waals surface area contributed by atoms with Crippen molar-refractivity contribution in [1.29, 1.82) is 0 Å². The summed E-state index contributed by atoms with van der Waals surface area (Å²) in [5.74, 6) is 0.623. The van der Waals surface area contributed by atoms with Gasteiger partial charge >= 0.3 is 0 Å². The molecule has 0 aromatic carbocycles. The van der Waals surface area contributed by atoms with E-state index in [0.717, 1.165) is 6.42 Å². The Kier molecular flexibility index (Phi) is 3.52. The average molecular weight is 161 g/mol. The Bertz CT molecular complexity index is 238. The van der Waals surface area contributed by atoms with Gasteiger partial charge in [0.05, 0.1) is 0 Å². The van der Waals surface area contributed by atoms with Crippen LogP contribution in [-0.4, -0.2) is 4.98 Å². The fraction of sp³-hybridized carbons (Fsp3) is 0.364. The Morgan fingerprint density at radius 1 is 1.42 bits per heavy atom. The first-order valence-corrected chi connectivity index (χ1v) is 4.34. The second-order valence-electron chi connectivity index (χ2n) is 3.06. The molecule has 1 atom stereocenters. The van der Waals surface area contributed by atoms with E-state index in [-0.39, 0.29) is 0 Å². The van der Waals surface area contributed by atoms with Crippen LogP contribution in [-0.2, 0) is 6.42 Å². The van der Waals surface area contributed by atoms with Crippen LogP contribution in [0.2, 0.25) is 0 Å². The molecule has 1 aromatic heterocycles. The summed E-state index contributed by atoms with van der Waals surface area (Å²) in [7, 11) is 0. The zero-order valence-electron chi connectivity index (χ0n) is 7.70. The molecule has 0 spiro atoms. The largest absolute Gasteiger partial charge is 0.265 e. The summed E-state index contributed by atoms with van der Waals surface area (Å²) in [5.41, 5.74) is 1.36. The molecule has 64 valence electrons. The molecule has 0 fully saturated rings. The van der Waals surface area contributed by atoms with Crippen molar-refractivity contribution in [3.8, 4) is 0 Å². The predicted octanol–water partition coefficient (Wildman–Crippen LogP) is 2.84. The topological polar surface area (TPSA) is 12.9 Å². The zero-order valence-corrected chi connectivity index (χ0v) is 7.70. The minimum absolute atomic E-state index is 0.623. The summed E-state index contributed by atoms with van der Waals surface area (Å²) < 4.78 is 0. The second kappa shape index (κ2) is 4.70. The van der Waals surface area contributed by atoms with Gasteiger partial charge in [-0.1, -0.05) is 19.1 Å². The van der Waals surface area contributed by atoms with Gasteiger partial charge in [0.15, 0.2) is 0 Å². The van der Waals surface area contributed by atoms with Crippen molar-refractivity contribution < 1.29 is 0 Å². The van der Waals surface area contributed by atoms with Crippen molar-refractivity contribution in [2.75, 3.05) is 0 Å². The van der Waals surface area contributed by atoms with Crippen LogP contribution >= 0.6 is 0 Å². The highest BCUT2D eigenvalue weighted by molar-refractivity contribution is 5.11. The van der Waals surface area contributed by atoms with Crippen molar-refractivity contribution in [2.45, 2.75) is 20.3 Å². The Morgan fingerprint density at radius 3 is 2.67 bits per heavy atom. The Morgan fingerprint density at radius 2 is 2.08 bits per heavy atom. The van der Waals surface area contributed by atoms with Crippen molar-refractivity contribution in [2.24, 2.45) is 5.92 Å². The van der Waals surface area contributed by atoms with Gasteiger partial charge in [-0.05, 0) is 37.0 Å². The van der Waals surface area contributed by atoms with E-state index in [1.807, 2.05) is 12.4 Å². The quantitative estimate of drug-likeness (QED) is 0.621. The molecule has 1 aromatic rings. The molecule has 1 heteroatoms. The SMILES string of the molecule is C/C=C\C(C)Cc1ccncc1. The van der Waals surface area contributed by atoms with Crippen molar-refractivity contribution in [1.82, 2.24) is 4.98 Å². The molecule has 1 unspecified atom stereocenters. The number of hydrogen-bond donors (Lipinski definition) is 0. The molecule has 0 aliphatic carbocycles. The molecular weight excluding hydrogens is 146 g/mol. The van der Waals surface area contributed by atoms with E-state index >= 15 is 0 Å². The molecule has 0 N–H and O–H groups in total. The molecule has 12 heavy (non-hydrogen) atoms. The lowest BCUT2D eigenvalue weighted by molar-refractivity contribution is 0.721. The lowest BCUT2D eigenvalue weighted by Gasteiger charge is -2.04. The van der Waals surface area contributed by atoms with Crippen molar-refractivity contribution >= 4 is 0 Å². The van der Waals surface area contributed by atoms with Gasteiger partial charge in [-0.3, -0.25) is 4.98 Å². The molecule has 0 amide bonds. The third-order valence-corrected chi connectivity index (χ3v) is 1.83. The highest BCUT2D eigenvalue weighted by atomic mass is 14.6. The van der Waals surface area contributed by atoms with Crippen molar-refractivity contribution in [3.63, 3.8) is 0 Å². The van der Waals surface area contributed by atoms with Crippen LogP contribution < -0.4 is 0 Å². The predicted molar refractivity (Wildman–Crippen MR) is 51.9 cm³/mol. The highest BCUT2D eigenvalue weighted by Gasteiger charge is 1.97. The molecule has 1 nitrogen and oxygen atoms in total. The van der Waals surface area contributed by atoms with Gasteiger partial charge in [-0.15, -0.1) is 0 Å². The molecule has 0 radical (unpaired) electrons. The Hall–Kier alpha value is -1.11. The van der Waals surface area contributed by atoms with Gasteiger partial charge in [-0.25, -0.2) is 0 Å². The lowest BCUT2D eigenvalue weighted by Crippen LogP contribution is -1.95. The van der Waals surface area contributed by atoms with Gasteiger partial charge in [0, 0.05) is 12.4 Å². The van der Waals surface area contributed by atoms with Crippen LogP contribution in [0.3, 0.4) is 0 Å². The normalized spacial score (nSPS) is 13.5. The Labute approximate surface area is 74.2 Å². The average Bonchev–Trinajstić information content (AvgIpc) is 2.06. The van der Waals surface area contributed by atoms with Crippen LogP contribution in [0, 0.1) is 5.92 Å². The number of rotatable bonds is 3. The minimum atomic E-state index is 0.623. The van der Waals surface area contributed by atoms with Gasteiger partial charge in [-0.2, -0.15) is 0 Å². The number of allylic oxidation sites excluding steroid dienone is 2. The van der Waals surface area contributed by atoms with Crippen molar-refractivity contribution in [3.05, 3.63) is 42.2 Å². The van der Waals surface area contributed by atoms with Crippen LogP contribution in [0.15, 0.2) is 36.7 Å². The van der Waals surface area contributed by atoms with Gasteiger partial charge in [0.1, 0.15) is 0 Å². The summed E-state index contributed by atoms with van der Waals surface area (Å²) in [6, 6.07) is 4.14. The first-order valence-electron chi connectivity index (χ1n) is 4.34. The molecule has 0 aliphatic heterocycles. The smallest absolute Gasteiger partial charge is 0.0270 e. The van der Waals surface area contributed by atoms with Crippen LogP contribution in [0.4, 0.5) is 0 Å². The summed E-state index contributed by atoms with van der Waals surface area (Å²) in [5, 5.41) is 0. The molecule has 0 saturated carbocycles. The first kappa shape index (κ1) is 8.98. The fourth-order valence-corrected chi connectivity index (χ4v) is 1.29. The molecule has 1 rings (SSSR count). The van der Waals surface area contributed by atoms with Gasteiger partial charge in [0.2, 0.25) is 0 Å². The van der Waals surface area contributed by atoms with E-state index in [1.165, 1.54) is 5.56 Å². The molecule has 0 bridgehead atoms. The second-order valence-corrected chi connectivity index (χ2v) is 3.06. The van der Waals surface area contributed by atoms with E-state index in [9.17, 15) is 0 Å². The van der Waals surface area contributed by atoms with Crippen LogP contribution in [0.5, 0.6) is 0 Å². The maximum absolute atomic E-state index is 3.98. The van der Waals surface area contributed by atoms with E-state index in [4.69, 9.17) is 0 Å². The lowest BCUT2D eigenvalue weighted by atomic mass is 10.0. The maximum Gasteiger partial charge on any atom is 0.0270 e. The number of pyridine rings is 1. The number of hydrogen-bond acceptors (Lipinski definition) is 1. The summed E-state index contributed by atoms with van der Waals surface area (Å²) in [6.45, 7) is 4.28. The molecule has 0 aliphatic rings. The molecule has 1 heterocycles. The standard InChI is InChI=1S/C11H15N/c1-3-4-10(2)9-11-5-7-12-8-6-11/h3-8,10H,9H2,1-2H3/b4-3-. The Balaban J connectivity index is 2.52. The summed E-state index contributed by atoms with van der Waals surface area (Å²) >= 11 is 0.